The topological polar surface area (TPSA) is 44.8 Å². The molecule has 0 aliphatic carbocycles. The Morgan fingerprint density at radius 2 is 2.20 bits per heavy atom. The van der Waals surface area contributed by atoms with Crippen LogP contribution >= 0.6 is 0 Å². The van der Waals surface area contributed by atoms with E-state index in [4.69, 9.17) is 4.74 Å². The molecule has 0 spiro atoms. The smallest absolute Gasteiger partial charge is 0.317 e. The number of amides is 2. The summed E-state index contributed by atoms with van der Waals surface area (Å²) in [6.07, 6.45) is 4.02. The Bertz CT molecular complexity index is 610. The second-order valence-corrected chi connectivity index (χ2v) is 7.16. The molecule has 0 aromatic heterocycles. The van der Waals surface area contributed by atoms with Crippen molar-refractivity contribution in [1.29, 1.82) is 0 Å². The molecule has 0 unspecified atom stereocenters. The molecule has 2 amide bonds. The van der Waals surface area contributed by atoms with Crippen LogP contribution in [0.15, 0.2) is 18.2 Å². The second-order valence-electron chi connectivity index (χ2n) is 7.16. The molecule has 2 atom stereocenters. The number of hydrogen-bond donors (Lipinski definition) is 1. The molecule has 6 heteroatoms. The third kappa shape index (κ3) is 4.24. The van der Waals surface area contributed by atoms with Crippen molar-refractivity contribution < 1.29 is 13.9 Å². The summed E-state index contributed by atoms with van der Waals surface area (Å²) in [7, 11) is 3.62. The molecule has 0 saturated carbocycles. The van der Waals surface area contributed by atoms with Gasteiger partial charge in [-0.25, -0.2) is 9.18 Å². The molecule has 3 rings (SSSR count). The number of hydrogen-bond acceptors (Lipinski definition) is 3. The molecule has 2 aliphatic heterocycles. The van der Waals surface area contributed by atoms with E-state index in [9.17, 15) is 9.18 Å². The lowest BCUT2D eigenvalue weighted by Crippen LogP contribution is -2.57. The molecule has 0 bridgehead atoms. The lowest BCUT2D eigenvalue weighted by Gasteiger charge is -2.46. The van der Waals surface area contributed by atoms with E-state index >= 15 is 0 Å². The van der Waals surface area contributed by atoms with E-state index in [-0.39, 0.29) is 17.6 Å². The largest absolute Gasteiger partial charge is 0.494 e. The molecule has 2 fully saturated rings. The minimum atomic E-state index is -0.364. The highest BCUT2D eigenvalue weighted by Gasteiger charge is 2.37. The van der Waals surface area contributed by atoms with Crippen LogP contribution in [0.5, 0.6) is 5.75 Å². The van der Waals surface area contributed by atoms with Crippen LogP contribution in [-0.2, 0) is 6.42 Å². The van der Waals surface area contributed by atoms with E-state index in [0.717, 1.165) is 38.0 Å². The Labute approximate surface area is 149 Å². The van der Waals surface area contributed by atoms with Crippen molar-refractivity contribution in [3.8, 4) is 5.75 Å². The van der Waals surface area contributed by atoms with Gasteiger partial charge in [-0.15, -0.1) is 0 Å². The predicted molar refractivity (Wildman–Crippen MR) is 95.4 cm³/mol. The van der Waals surface area contributed by atoms with Crippen LogP contribution in [0.1, 0.15) is 24.8 Å². The summed E-state index contributed by atoms with van der Waals surface area (Å²) >= 11 is 0. The van der Waals surface area contributed by atoms with Crippen LogP contribution in [0.2, 0.25) is 0 Å². The summed E-state index contributed by atoms with van der Waals surface area (Å²) in [5.74, 6) is 0.477. The van der Waals surface area contributed by atoms with Gasteiger partial charge in [0.2, 0.25) is 0 Å². The molecule has 2 heterocycles. The lowest BCUT2D eigenvalue weighted by atomic mass is 9.84. The van der Waals surface area contributed by atoms with Crippen molar-refractivity contribution in [2.75, 3.05) is 40.3 Å². The summed E-state index contributed by atoms with van der Waals surface area (Å²) in [4.78, 5) is 17.0. The van der Waals surface area contributed by atoms with E-state index < -0.39 is 0 Å². The number of urea groups is 1. The number of piperidine rings is 2. The number of benzene rings is 1. The van der Waals surface area contributed by atoms with Gasteiger partial charge in [0.25, 0.3) is 0 Å². The van der Waals surface area contributed by atoms with Gasteiger partial charge in [0.1, 0.15) is 0 Å². The molecule has 25 heavy (non-hydrogen) atoms. The Kier molecular flexibility index (Phi) is 5.78. The number of fused-ring (bicyclic) bond motifs is 1. The molecule has 2 saturated heterocycles. The molecule has 1 aromatic rings. The van der Waals surface area contributed by atoms with Gasteiger partial charge in [-0.05, 0) is 62.9 Å². The van der Waals surface area contributed by atoms with Crippen LogP contribution in [0.4, 0.5) is 9.18 Å². The summed E-state index contributed by atoms with van der Waals surface area (Å²) in [5.41, 5.74) is 0.953. The fourth-order valence-corrected chi connectivity index (χ4v) is 4.11. The maximum Gasteiger partial charge on any atom is 0.317 e. The number of nitrogens with one attached hydrogen (secondary N) is 1. The zero-order valence-corrected chi connectivity index (χ0v) is 15.1. The molecular formula is C19H28FN3O2. The van der Waals surface area contributed by atoms with Gasteiger partial charge in [-0.1, -0.05) is 6.07 Å². The Morgan fingerprint density at radius 1 is 1.36 bits per heavy atom. The second kappa shape index (κ2) is 8.04. The third-order valence-corrected chi connectivity index (χ3v) is 5.44. The first kappa shape index (κ1) is 18.0. The fourth-order valence-electron chi connectivity index (χ4n) is 4.11. The summed E-state index contributed by atoms with van der Waals surface area (Å²) in [6.45, 7) is 3.53. The van der Waals surface area contributed by atoms with Gasteiger partial charge in [0, 0.05) is 25.7 Å². The standard InChI is InChI=1S/C19H28FN3O2/c1-22-11-8-17-15(13-22)4-3-10-23(17)19(24)21-9-7-14-5-6-16(20)18(12-14)25-2/h5-6,12,15,17H,3-4,7-11,13H2,1-2H3,(H,21,24)/t15-,17-/m0/s1. The molecule has 5 nitrogen and oxygen atoms in total. The third-order valence-electron chi connectivity index (χ3n) is 5.44. The first-order chi connectivity index (χ1) is 12.1. The van der Waals surface area contributed by atoms with Crippen molar-refractivity contribution in [2.45, 2.75) is 31.7 Å². The number of methoxy groups -OCH3 is 1. The van der Waals surface area contributed by atoms with Crippen LogP contribution in [0.3, 0.4) is 0 Å². The van der Waals surface area contributed by atoms with E-state index in [1.165, 1.54) is 19.6 Å². The zero-order valence-electron chi connectivity index (χ0n) is 15.1. The van der Waals surface area contributed by atoms with E-state index in [0.29, 0.717) is 24.9 Å². The van der Waals surface area contributed by atoms with E-state index in [1.807, 2.05) is 4.90 Å². The van der Waals surface area contributed by atoms with Crippen molar-refractivity contribution >= 4 is 6.03 Å². The Morgan fingerprint density at radius 3 is 3.00 bits per heavy atom. The SMILES string of the molecule is COc1cc(CCNC(=O)N2CCC[C@H]3CN(C)CC[C@@H]32)ccc1F. The van der Waals surface area contributed by atoms with Crippen LogP contribution < -0.4 is 10.1 Å². The lowest BCUT2D eigenvalue weighted by molar-refractivity contribution is 0.0534. The molecule has 1 aromatic carbocycles. The normalized spacial score (nSPS) is 23.9. The first-order valence-electron chi connectivity index (χ1n) is 9.14. The number of ether oxygens (including phenoxy) is 1. The van der Waals surface area contributed by atoms with Crippen molar-refractivity contribution in [2.24, 2.45) is 5.92 Å². The number of carbonyl (C=O) groups is 1. The summed E-state index contributed by atoms with van der Waals surface area (Å²) < 4.78 is 18.4. The number of halogens is 1. The van der Waals surface area contributed by atoms with Crippen LogP contribution in [0, 0.1) is 11.7 Å². The van der Waals surface area contributed by atoms with Gasteiger partial charge in [-0.3, -0.25) is 0 Å². The first-order valence-corrected chi connectivity index (χ1v) is 9.14. The van der Waals surface area contributed by atoms with E-state index in [2.05, 4.69) is 17.3 Å². The molecule has 1 N–H and O–H groups in total. The maximum atomic E-state index is 13.4. The minimum absolute atomic E-state index is 0.0355. The average Bonchev–Trinajstić information content (AvgIpc) is 2.62. The summed E-state index contributed by atoms with van der Waals surface area (Å²) in [5, 5.41) is 3.04. The maximum absolute atomic E-state index is 13.4. The monoisotopic (exact) mass is 349 g/mol. The van der Waals surface area contributed by atoms with Crippen molar-refractivity contribution in [3.63, 3.8) is 0 Å². The summed E-state index contributed by atoms with van der Waals surface area (Å²) in [6, 6.07) is 5.24. The number of likely N-dealkylation sites (tertiary alicyclic amines) is 2. The molecule has 2 aliphatic rings. The molecular weight excluding hydrogens is 321 g/mol. The highest BCUT2D eigenvalue weighted by molar-refractivity contribution is 5.74. The van der Waals surface area contributed by atoms with Gasteiger partial charge in [0.05, 0.1) is 7.11 Å². The van der Waals surface area contributed by atoms with E-state index in [1.54, 1.807) is 12.1 Å². The van der Waals surface area contributed by atoms with Crippen LogP contribution in [0.25, 0.3) is 0 Å². The van der Waals surface area contributed by atoms with Crippen molar-refractivity contribution in [1.82, 2.24) is 15.1 Å². The Balaban J connectivity index is 1.52. The zero-order chi connectivity index (χ0) is 17.8. The number of nitrogens with zero attached hydrogens (tertiary/aromatic N) is 2. The Hall–Kier alpha value is -1.82. The average molecular weight is 349 g/mol. The minimum Gasteiger partial charge on any atom is -0.494 e. The fraction of sp³-hybridized carbons (Fsp3) is 0.632. The quantitative estimate of drug-likeness (QED) is 0.908. The van der Waals surface area contributed by atoms with Gasteiger partial charge in [-0.2, -0.15) is 0 Å². The highest BCUT2D eigenvalue weighted by Crippen LogP contribution is 2.30. The van der Waals surface area contributed by atoms with Crippen LogP contribution in [-0.4, -0.2) is 62.2 Å². The number of rotatable bonds is 4. The molecule has 0 radical (unpaired) electrons. The van der Waals surface area contributed by atoms with Gasteiger partial charge >= 0.3 is 6.03 Å². The number of carbonyl (C=O) groups excluding carboxylic acids is 1. The highest BCUT2D eigenvalue weighted by atomic mass is 19.1. The predicted octanol–water partition coefficient (Wildman–Crippen LogP) is 2.50. The van der Waals surface area contributed by atoms with Gasteiger partial charge < -0.3 is 19.9 Å². The van der Waals surface area contributed by atoms with Gasteiger partial charge in [0.15, 0.2) is 11.6 Å². The van der Waals surface area contributed by atoms with Crippen molar-refractivity contribution in [3.05, 3.63) is 29.6 Å². The molecule has 138 valence electrons.